The van der Waals surface area contributed by atoms with Crippen molar-refractivity contribution in [3.8, 4) is 0 Å². The Morgan fingerprint density at radius 2 is 1.67 bits per heavy atom. The third-order valence-electron chi connectivity index (χ3n) is 2.71. The second kappa shape index (κ2) is 4.33. The maximum Gasteiger partial charge on any atom is 0.0907 e. The molecule has 0 aliphatic rings. The minimum atomic E-state index is 0.719. The first-order valence-electron chi connectivity index (χ1n) is 5.65. The summed E-state index contributed by atoms with van der Waals surface area (Å²) in [6.07, 6.45) is 3.37. The van der Waals surface area contributed by atoms with E-state index in [1.54, 1.807) is 12.4 Å². The highest BCUT2D eigenvalue weighted by Gasteiger charge is 2.00. The van der Waals surface area contributed by atoms with Crippen molar-refractivity contribution in [1.29, 1.82) is 0 Å². The van der Waals surface area contributed by atoms with Gasteiger partial charge in [0.1, 0.15) is 0 Å². The summed E-state index contributed by atoms with van der Waals surface area (Å²) in [5.74, 6) is 0. The Morgan fingerprint density at radius 3 is 2.50 bits per heavy atom. The van der Waals surface area contributed by atoms with Crippen LogP contribution in [0.4, 0.5) is 17.1 Å². The molecule has 0 bridgehead atoms. The third kappa shape index (κ3) is 1.96. The number of rotatable bonds is 2. The van der Waals surface area contributed by atoms with Crippen LogP contribution in [0.15, 0.2) is 54.9 Å². The average Bonchev–Trinajstić information content (AvgIpc) is 2.41. The zero-order chi connectivity index (χ0) is 12.4. The Morgan fingerprint density at radius 1 is 0.889 bits per heavy atom. The van der Waals surface area contributed by atoms with Gasteiger partial charge in [-0.3, -0.25) is 9.97 Å². The van der Waals surface area contributed by atoms with Crippen molar-refractivity contribution in [3.63, 3.8) is 0 Å². The third-order valence-corrected chi connectivity index (χ3v) is 2.71. The Bertz CT molecular complexity index is 694. The molecular formula is C14H12N4. The standard InChI is InChI=1S/C14H12N4/c15-11-3-1-2-4-12(11)18-10-5-6-13-14(9-10)17-8-7-16-13/h1-9,18H,15H2. The number of nitrogen functional groups attached to an aromatic ring is 1. The maximum atomic E-state index is 5.89. The number of fused-ring (bicyclic) bond motifs is 1. The highest BCUT2D eigenvalue weighted by molar-refractivity contribution is 5.81. The van der Waals surface area contributed by atoms with Crippen LogP contribution >= 0.6 is 0 Å². The van der Waals surface area contributed by atoms with Gasteiger partial charge in [0.2, 0.25) is 0 Å². The molecule has 0 aliphatic heterocycles. The molecule has 3 N–H and O–H groups in total. The number of nitrogens with two attached hydrogens (primary N) is 1. The van der Waals surface area contributed by atoms with E-state index in [1.807, 2.05) is 42.5 Å². The van der Waals surface area contributed by atoms with Crippen LogP contribution in [0.25, 0.3) is 11.0 Å². The van der Waals surface area contributed by atoms with Crippen LogP contribution in [0.1, 0.15) is 0 Å². The van der Waals surface area contributed by atoms with E-state index in [0.717, 1.165) is 28.1 Å². The normalized spacial score (nSPS) is 10.4. The molecule has 1 heterocycles. The van der Waals surface area contributed by atoms with E-state index in [2.05, 4.69) is 15.3 Å². The fraction of sp³-hybridized carbons (Fsp3) is 0. The topological polar surface area (TPSA) is 63.8 Å². The number of nitrogens with zero attached hydrogens (tertiary/aromatic N) is 2. The Hall–Kier alpha value is -2.62. The SMILES string of the molecule is Nc1ccccc1Nc1ccc2nccnc2c1. The van der Waals surface area contributed by atoms with Gasteiger partial charge in [0.15, 0.2) is 0 Å². The molecule has 4 nitrogen and oxygen atoms in total. The van der Waals surface area contributed by atoms with Gasteiger partial charge in [0.25, 0.3) is 0 Å². The van der Waals surface area contributed by atoms with E-state index in [9.17, 15) is 0 Å². The number of aromatic nitrogens is 2. The molecule has 0 aliphatic carbocycles. The smallest absolute Gasteiger partial charge is 0.0907 e. The zero-order valence-corrected chi connectivity index (χ0v) is 9.67. The van der Waals surface area contributed by atoms with E-state index in [1.165, 1.54) is 0 Å². The van der Waals surface area contributed by atoms with Crippen molar-refractivity contribution in [1.82, 2.24) is 9.97 Å². The highest BCUT2D eigenvalue weighted by atomic mass is 14.9. The van der Waals surface area contributed by atoms with Crippen molar-refractivity contribution in [2.45, 2.75) is 0 Å². The molecule has 0 unspecified atom stereocenters. The predicted octanol–water partition coefficient (Wildman–Crippen LogP) is 2.96. The molecule has 0 fully saturated rings. The lowest BCUT2D eigenvalue weighted by atomic mass is 10.2. The minimum absolute atomic E-state index is 0.719. The molecule has 3 rings (SSSR count). The summed E-state index contributed by atoms with van der Waals surface area (Å²) in [7, 11) is 0. The largest absolute Gasteiger partial charge is 0.397 e. The monoisotopic (exact) mass is 236 g/mol. The van der Waals surface area contributed by atoms with Crippen LogP contribution in [0.3, 0.4) is 0 Å². The minimum Gasteiger partial charge on any atom is -0.397 e. The summed E-state index contributed by atoms with van der Waals surface area (Å²) in [5, 5.41) is 3.27. The number of nitrogens with one attached hydrogen (secondary N) is 1. The number of hydrogen-bond donors (Lipinski definition) is 2. The second-order valence-electron chi connectivity index (χ2n) is 3.97. The first kappa shape index (κ1) is 10.5. The van der Waals surface area contributed by atoms with Gasteiger partial charge in [0.05, 0.1) is 22.4 Å². The van der Waals surface area contributed by atoms with E-state index in [4.69, 9.17) is 5.73 Å². The molecule has 1 aromatic heterocycles. The van der Waals surface area contributed by atoms with Crippen molar-refractivity contribution < 1.29 is 0 Å². The van der Waals surface area contributed by atoms with Gasteiger partial charge in [-0.05, 0) is 30.3 Å². The fourth-order valence-electron chi connectivity index (χ4n) is 1.81. The van der Waals surface area contributed by atoms with Crippen LogP contribution in [0.5, 0.6) is 0 Å². The summed E-state index contributed by atoms with van der Waals surface area (Å²) in [5.41, 5.74) is 10.2. The van der Waals surface area contributed by atoms with Gasteiger partial charge in [-0.2, -0.15) is 0 Å². The molecule has 0 saturated carbocycles. The van der Waals surface area contributed by atoms with Crippen molar-refractivity contribution >= 4 is 28.1 Å². The summed E-state index contributed by atoms with van der Waals surface area (Å²) >= 11 is 0. The summed E-state index contributed by atoms with van der Waals surface area (Å²) in [4.78, 5) is 8.50. The van der Waals surface area contributed by atoms with Crippen molar-refractivity contribution in [2.75, 3.05) is 11.1 Å². The molecule has 3 aromatic rings. The van der Waals surface area contributed by atoms with Crippen LogP contribution in [-0.2, 0) is 0 Å². The zero-order valence-electron chi connectivity index (χ0n) is 9.67. The van der Waals surface area contributed by atoms with Gasteiger partial charge >= 0.3 is 0 Å². The maximum absolute atomic E-state index is 5.89. The number of hydrogen-bond acceptors (Lipinski definition) is 4. The van der Waals surface area contributed by atoms with Crippen LogP contribution in [0, 0.1) is 0 Å². The number of para-hydroxylation sites is 2. The number of anilines is 3. The van der Waals surface area contributed by atoms with Gasteiger partial charge < -0.3 is 11.1 Å². The van der Waals surface area contributed by atoms with Crippen LogP contribution in [-0.4, -0.2) is 9.97 Å². The summed E-state index contributed by atoms with van der Waals surface area (Å²) < 4.78 is 0. The van der Waals surface area contributed by atoms with Gasteiger partial charge in [-0.1, -0.05) is 12.1 Å². The first-order chi connectivity index (χ1) is 8.83. The molecule has 0 atom stereocenters. The van der Waals surface area contributed by atoms with E-state index >= 15 is 0 Å². The highest BCUT2D eigenvalue weighted by Crippen LogP contribution is 2.24. The van der Waals surface area contributed by atoms with Crippen molar-refractivity contribution in [3.05, 3.63) is 54.9 Å². The second-order valence-corrected chi connectivity index (χ2v) is 3.97. The molecule has 18 heavy (non-hydrogen) atoms. The predicted molar refractivity (Wildman–Crippen MR) is 73.7 cm³/mol. The van der Waals surface area contributed by atoms with Gasteiger partial charge in [-0.25, -0.2) is 0 Å². The Kier molecular flexibility index (Phi) is 2.53. The molecule has 2 aromatic carbocycles. The fourth-order valence-corrected chi connectivity index (χ4v) is 1.81. The van der Waals surface area contributed by atoms with Gasteiger partial charge in [-0.15, -0.1) is 0 Å². The Labute approximate surface area is 104 Å². The summed E-state index contributed by atoms with van der Waals surface area (Å²) in [6.45, 7) is 0. The van der Waals surface area contributed by atoms with Crippen LogP contribution < -0.4 is 11.1 Å². The molecule has 0 saturated heterocycles. The average molecular weight is 236 g/mol. The molecule has 0 radical (unpaired) electrons. The van der Waals surface area contributed by atoms with E-state index in [-0.39, 0.29) is 0 Å². The first-order valence-corrected chi connectivity index (χ1v) is 5.65. The Balaban J connectivity index is 1.98. The lowest BCUT2D eigenvalue weighted by Crippen LogP contribution is -1.96. The lowest BCUT2D eigenvalue weighted by Gasteiger charge is -2.09. The van der Waals surface area contributed by atoms with E-state index < -0.39 is 0 Å². The molecule has 0 amide bonds. The molecule has 88 valence electrons. The number of benzene rings is 2. The molecule has 4 heteroatoms. The lowest BCUT2D eigenvalue weighted by molar-refractivity contribution is 1.29. The van der Waals surface area contributed by atoms with E-state index in [0.29, 0.717) is 0 Å². The summed E-state index contributed by atoms with van der Waals surface area (Å²) in [6, 6.07) is 13.5. The van der Waals surface area contributed by atoms with Gasteiger partial charge in [0, 0.05) is 18.1 Å². The quantitative estimate of drug-likeness (QED) is 0.671. The molecular weight excluding hydrogens is 224 g/mol. The molecule has 0 spiro atoms. The van der Waals surface area contributed by atoms with Crippen molar-refractivity contribution in [2.24, 2.45) is 0 Å². The van der Waals surface area contributed by atoms with Crippen LogP contribution in [0.2, 0.25) is 0 Å².